The van der Waals surface area contributed by atoms with E-state index >= 15 is 0 Å². The van der Waals surface area contributed by atoms with Crippen molar-refractivity contribution in [1.29, 1.82) is 0 Å². The molecule has 4 aromatic rings. The van der Waals surface area contributed by atoms with E-state index in [0.717, 1.165) is 6.07 Å². The molecule has 0 atom stereocenters. The number of rotatable bonds is 3. The molecule has 0 saturated carbocycles. The maximum Gasteiger partial charge on any atom is 0.417 e. The number of aromatic nitrogens is 3. The number of halogens is 3. The molecular formula is C19H13F3N4O2. The number of H-pyrrole nitrogens is 1. The first-order valence-corrected chi connectivity index (χ1v) is 8.23. The summed E-state index contributed by atoms with van der Waals surface area (Å²) in [5.41, 5.74) is -0.00360. The van der Waals surface area contributed by atoms with E-state index in [1.807, 2.05) is 0 Å². The summed E-state index contributed by atoms with van der Waals surface area (Å²) in [6.07, 6.45) is -4.53. The maximum atomic E-state index is 13.3. The molecule has 0 aliphatic rings. The van der Waals surface area contributed by atoms with E-state index in [2.05, 4.69) is 20.4 Å². The monoisotopic (exact) mass is 386 g/mol. The second-order valence-corrected chi connectivity index (χ2v) is 6.11. The summed E-state index contributed by atoms with van der Waals surface area (Å²) >= 11 is 0. The average Bonchev–Trinajstić information content (AvgIpc) is 3.26. The van der Waals surface area contributed by atoms with E-state index in [0.29, 0.717) is 11.3 Å². The van der Waals surface area contributed by atoms with E-state index in [9.17, 15) is 18.0 Å². The van der Waals surface area contributed by atoms with Crippen molar-refractivity contribution in [2.24, 2.45) is 0 Å². The van der Waals surface area contributed by atoms with Gasteiger partial charge in [-0.15, -0.1) is 0 Å². The number of alkyl halides is 3. The van der Waals surface area contributed by atoms with Crippen LogP contribution in [0.5, 0.6) is 0 Å². The molecule has 0 spiro atoms. The van der Waals surface area contributed by atoms with Gasteiger partial charge in [-0.1, -0.05) is 29.4 Å². The molecule has 6 nitrogen and oxygen atoms in total. The van der Waals surface area contributed by atoms with Crippen LogP contribution in [0.3, 0.4) is 0 Å². The van der Waals surface area contributed by atoms with Gasteiger partial charge in [-0.25, -0.2) is 4.98 Å². The number of amides is 1. The largest absolute Gasteiger partial charge is 0.417 e. The molecule has 0 aliphatic carbocycles. The second-order valence-electron chi connectivity index (χ2n) is 6.11. The highest BCUT2D eigenvalue weighted by molar-refractivity contribution is 6.11. The lowest BCUT2D eigenvalue weighted by atomic mass is 10.1. The predicted octanol–water partition coefficient (Wildman–Crippen LogP) is 4.80. The number of benzene rings is 2. The minimum atomic E-state index is -4.53. The third kappa shape index (κ3) is 3.22. The molecule has 0 fully saturated rings. The summed E-state index contributed by atoms with van der Waals surface area (Å²) in [7, 11) is 0. The molecule has 142 valence electrons. The zero-order valence-electron chi connectivity index (χ0n) is 14.5. The van der Waals surface area contributed by atoms with E-state index in [1.54, 1.807) is 25.1 Å². The summed E-state index contributed by atoms with van der Waals surface area (Å²) in [6.45, 7) is 1.68. The van der Waals surface area contributed by atoms with Crippen molar-refractivity contribution in [3.05, 3.63) is 65.4 Å². The third-order valence-corrected chi connectivity index (χ3v) is 4.11. The summed E-state index contributed by atoms with van der Waals surface area (Å²) < 4.78 is 44.9. The van der Waals surface area contributed by atoms with Crippen LogP contribution in [0.2, 0.25) is 0 Å². The van der Waals surface area contributed by atoms with Crippen molar-refractivity contribution in [1.82, 2.24) is 15.1 Å². The van der Waals surface area contributed by atoms with Crippen molar-refractivity contribution in [3.8, 4) is 11.4 Å². The topological polar surface area (TPSA) is 83.8 Å². The zero-order valence-corrected chi connectivity index (χ0v) is 14.5. The molecule has 2 aromatic heterocycles. The molecule has 1 amide bonds. The Morgan fingerprint density at radius 2 is 1.93 bits per heavy atom. The van der Waals surface area contributed by atoms with Crippen molar-refractivity contribution in [2.75, 3.05) is 5.32 Å². The summed E-state index contributed by atoms with van der Waals surface area (Å²) in [4.78, 5) is 19.7. The number of fused-ring (bicyclic) bond motifs is 1. The SMILES string of the molecule is Cc1cc(NC(=O)c2cccc3[nH]c(-c4ccccc4C(F)(F)F)nc23)no1. The van der Waals surface area contributed by atoms with Gasteiger partial charge in [0.2, 0.25) is 0 Å². The van der Waals surface area contributed by atoms with Gasteiger partial charge in [0.15, 0.2) is 5.82 Å². The standard InChI is InChI=1S/C19H13F3N4O2/c1-10-9-15(26-28-10)24-18(27)12-6-4-8-14-16(12)25-17(23-14)11-5-2-3-7-13(11)19(20,21)22/h2-9H,1H3,(H,23,25)(H,24,26,27). The lowest BCUT2D eigenvalue weighted by Crippen LogP contribution is -2.12. The summed E-state index contributed by atoms with van der Waals surface area (Å²) in [5, 5.41) is 6.27. The number of aromatic amines is 1. The van der Waals surface area contributed by atoms with Gasteiger partial charge in [0.05, 0.1) is 16.6 Å². The van der Waals surface area contributed by atoms with Gasteiger partial charge in [0.1, 0.15) is 17.1 Å². The van der Waals surface area contributed by atoms with Crippen molar-refractivity contribution >= 4 is 22.8 Å². The number of para-hydroxylation sites is 1. The Kier molecular flexibility index (Phi) is 4.14. The Balaban J connectivity index is 1.77. The van der Waals surface area contributed by atoms with Crippen LogP contribution in [0.25, 0.3) is 22.4 Å². The number of carbonyl (C=O) groups excluding carboxylic acids is 1. The molecule has 2 heterocycles. The Hall–Kier alpha value is -3.62. The molecule has 0 saturated heterocycles. The van der Waals surface area contributed by atoms with Gasteiger partial charge in [-0.05, 0) is 25.1 Å². The highest BCUT2D eigenvalue weighted by Crippen LogP contribution is 2.36. The minimum absolute atomic E-state index is 0.0282. The van der Waals surface area contributed by atoms with Crippen LogP contribution >= 0.6 is 0 Å². The van der Waals surface area contributed by atoms with E-state index in [4.69, 9.17) is 4.52 Å². The first-order valence-electron chi connectivity index (χ1n) is 8.23. The maximum absolute atomic E-state index is 13.3. The van der Waals surface area contributed by atoms with Gasteiger partial charge in [0, 0.05) is 11.6 Å². The van der Waals surface area contributed by atoms with Crippen LogP contribution in [0.4, 0.5) is 19.0 Å². The molecule has 2 N–H and O–H groups in total. The van der Waals surface area contributed by atoms with Gasteiger partial charge in [-0.3, -0.25) is 4.79 Å². The molecule has 0 aliphatic heterocycles. The molecule has 0 unspecified atom stereocenters. The number of nitrogens with zero attached hydrogens (tertiary/aromatic N) is 2. The lowest BCUT2D eigenvalue weighted by Gasteiger charge is -2.10. The number of anilines is 1. The van der Waals surface area contributed by atoms with E-state index in [-0.39, 0.29) is 28.3 Å². The second kappa shape index (κ2) is 6.52. The number of hydrogen-bond donors (Lipinski definition) is 2. The fraction of sp³-hybridized carbons (Fsp3) is 0.105. The fourth-order valence-corrected chi connectivity index (χ4v) is 2.89. The van der Waals surface area contributed by atoms with Crippen LogP contribution in [-0.2, 0) is 6.18 Å². The first kappa shape index (κ1) is 17.8. The number of hydrogen-bond acceptors (Lipinski definition) is 4. The number of imidazole rings is 1. The molecule has 4 rings (SSSR count). The summed E-state index contributed by atoms with van der Waals surface area (Å²) in [5.74, 6) is 0.290. The summed E-state index contributed by atoms with van der Waals surface area (Å²) in [6, 6.07) is 11.5. The number of carbonyl (C=O) groups is 1. The molecule has 0 bridgehead atoms. The zero-order chi connectivity index (χ0) is 19.9. The predicted molar refractivity (Wildman–Crippen MR) is 95.7 cm³/mol. The van der Waals surface area contributed by atoms with Crippen LogP contribution in [0, 0.1) is 6.92 Å². The molecule has 2 aromatic carbocycles. The Morgan fingerprint density at radius 3 is 2.64 bits per heavy atom. The van der Waals surface area contributed by atoms with Crippen molar-refractivity contribution in [3.63, 3.8) is 0 Å². The fourth-order valence-electron chi connectivity index (χ4n) is 2.89. The number of nitrogens with one attached hydrogen (secondary N) is 2. The van der Waals surface area contributed by atoms with Crippen LogP contribution in [0.1, 0.15) is 21.7 Å². The van der Waals surface area contributed by atoms with E-state index in [1.165, 1.54) is 24.3 Å². The Labute approximate surface area is 156 Å². The van der Waals surface area contributed by atoms with Crippen molar-refractivity contribution in [2.45, 2.75) is 13.1 Å². The van der Waals surface area contributed by atoms with Gasteiger partial charge in [0.25, 0.3) is 5.91 Å². The highest BCUT2D eigenvalue weighted by atomic mass is 19.4. The molecule has 0 radical (unpaired) electrons. The van der Waals surface area contributed by atoms with Crippen molar-refractivity contribution < 1.29 is 22.5 Å². The Bertz CT molecular complexity index is 1180. The highest BCUT2D eigenvalue weighted by Gasteiger charge is 2.34. The lowest BCUT2D eigenvalue weighted by molar-refractivity contribution is -0.137. The van der Waals surface area contributed by atoms with Gasteiger partial charge in [-0.2, -0.15) is 13.2 Å². The van der Waals surface area contributed by atoms with Crippen LogP contribution in [-0.4, -0.2) is 21.0 Å². The first-order chi connectivity index (χ1) is 13.3. The minimum Gasteiger partial charge on any atom is -0.360 e. The third-order valence-electron chi connectivity index (χ3n) is 4.11. The van der Waals surface area contributed by atoms with Crippen LogP contribution < -0.4 is 5.32 Å². The van der Waals surface area contributed by atoms with Gasteiger partial charge < -0.3 is 14.8 Å². The Morgan fingerprint density at radius 1 is 1.14 bits per heavy atom. The van der Waals surface area contributed by atoms with E-state index < -0.39 is 17.6 Å². The van der Waals surface area contributed by atoms with Crippen LogP contribution in [0.15, 0.2) is 53.1 Å². The normalized spacial score (nSPS) is 11.7. The molecular weight excluding hydrogens is 373 g/mol. The van der Waals surface area contributed by atoms with Gasteiger partial charge >= 0.3 is 6.18 Å². The average molecular weight is 386 g/mol. The smallest absolute Gasteiger partial charge is 0.360 e. The quantitative estimate of drug-likeness (QED) is 0.530. The number of aryl methyl sites for hydroxylation is 1. The molecule has 9 heteroatoms. The molecule has 28 heavy (non-hydrogen) atoms.